The Kier molecular flexibility index (Phi) is 4.40. The molecule has 2 nitrogen and oxygen atoms in total. The van der Waals surface area contributed by atoms with Crippen molar-refractivity contribution in [2.45, 2.75) is 25.4 Å². The van der Waals surface area contributed by atoms with E-state index in [2.05, 4.69) is 0 Å². The number of methoxy groups -OCH3 is 1. The zero-order valence-corrected chi connectivity index (χ0v) is 9.84. The third kappa shape index (κ3) is 3.36. The predicted molar refractivity (Wildman–Crippen MR) is 60.2 cm³/mol. The molecule has 0 amide bonds. The van der Waals surface area contributed by atoms with Gasteiger partial charge in [-0.3, -0.25) is 0 Å². The second-order valence-electron chi connectivity index (χ2n) is 3.92. The Bertz CT molecular complexity index is 377. The lowest BCUT2D eigenvalue weighted by atomic mass is 9.93. The standard InChI is InChI=1S/C12H16F3NO/c1-8-3-4-11(17-2)9(7-8)10(5-6-16)12(13,14)15/h3-4,7,10H,5-6,16H2,1-2H3. The van der Waals surface area contributed by atoms with Crippen molar-refractivity contribution < 1.29 is 17.9 Å². The number of hydrogen-bond acceptors (Lipinski definition) is 2. The molecule has 1 rings (SSSR count). The van der Waals surface area contributed by atoms with Crippen LogP contribution in [0.2, 0.25) is 0 Å². The molecular formula is C12H16F3NO. The van der Waals surface area contributed by atoms with Crippen LogP contribution in [-0.4, -0.2) is 19.8 Å². The smallest absolute Gasteiger partial charge is 0.395 e. The molecule has 0 saturated heterocycles. The van der Waals surface area contributed by atoms with Gasteiger partial charge in [-0.15, -0.1) is 0 Å². The summed E-state index contributed by atoms with van der Waals surface area (Å²) in [4.78, 5) is 0. The first-order valence-corrected chi connectivity index (χ1v) is 5.31. The van der Waals surface area contributed by atoms with Gasteiger partial charge in [0.05, 0.1) is 13.0 Å². The summed E-state index contributed by atoms with van der Waals surface area (Å²) in [5.74, 6) is -1.31. The number of alkyl halides is 3. The molecule has 1 aromatic rings. The zero-order valence-electron chi connectivity index (χ0n) is 9.84. The Morgan fingerprint density at radius 2 is 2.00 bits per heavy atom. The Hall–Kier alpha value is -1.23. The molecule has 0 radical (unpaired) electrons. The van der Waals surface area contributed by atoms with Crippen LogP contribution in [0.1, 0.15) is 23.5 Å². The van der Waals surface area contributed by atoms with Crippen LogP contribution >= 0.6 is 0 Å². The van der Waals surface area contributed by atoms with Gasteiger partial charge in [-0.25, -0.2) is 0 Å². The topological polar surface area (TPSA) is 35.2 Å². The summed E-state index contributed by atoms with van der Waals surface area (Å²) in [6.07, 6.45) is -4.44. The molecule has 2 N–H and O–H groups in total. The van der Waals surface area contributed by atoms with Crippen molar-refractivity contribution >= 4 is 0 Å². The second kappa shape index (κ2) is 5.40. The van der Waals surface area contributed by atoms with Crippen LogP contribution in [0.4, 0.5) is 13.2 Å². The number of aryl methyl sites for hydroxylation is 1. The third-order valence-corrected chi connectivity index (χ3v) is 2.61. The van der Waals surface area contributed by atoms with Gasteiger partial charge in [0.25, 0.3) is 0 Å². The van der Waals surface area contributed by atoms with Crippen molar-refractivity contribution in [1.29, 1.82) is 0 Å². The molecule has 96 valence electrons. The zero-order chi connectivity index (χ0) is 13.1. The number of nitrogens with two attached hydrogens (primary N) is 1. The highest BCUT2D eigenvalue weighted by Crippen LogP contribution is 2.41. The van der Waals surface area contributed by atoms with Gasteiger partial charge in [0, 0.05) is 5.56 Å². The fourth-order valence-electron chi connectivity index (χ4n) is 1.79. The van der Waals surface area contributed by atoms with Crippen LogP contribution in [0, 0.1) is 6.92 Å². The molecule has 1 aromatic carbocycles. The van der Waals surface area contributed by atoms with E-state index >= 15 is 0 Å². The lowest BCUT2D eigenvalue weighted by molar-refractivity contribution is -0.151. The van der Waals surface area contributed by atoms with E-state index in [1.165, 1.54) is 13.2 Å². The SMILES string of the molecule is COc1ccc(C)cc1C(CCN)C(F)(F)F. The molecule has 1 atom stereocenters. The molecule has 1 unspecified atom stereocenters. The van der Waals surface area contributed by atoms with Gasteiger partial charge in [-0.2, -0.15) is 13.2 Å². The average molecular weight is 247 g/mol. The maximum absolute atomic E-state index is 12.9. The maximum atomic E-state index is 12.9. The van der Waals surface area contributed by atoms with Crippen LogP contribution in [-0.2, 0) is 0 Å². The van der Waals surface area contributed by atoms with E-state index in [9.17, 15) is 13.2 Å². The first-order chi connectivity index (χ1) is 7.90. The highest BCUT2D eigenvalue weighted by atomic mass is 19.4. The monoisotopic (exact) mass is 247 g/mol. The minimum Gasteiger partial charge on any atom is -0.496 e. The van der Waals surface area contributed by atoms with Gasteiger partial charge >= 0.3 is 6.18 Å². The molecule has 0 saturated carbocycles. The summed E-state index contributed by atoms with van der Waals surface area (Å²) in [5, 5.41) is 0. The molecule has 0 aromatic heterocycles. The van der Waals surface area contributed by atoms with Crippen molar-refractivity contribution in [3.63, 3.8) is 0 Å². The Morgan fingerprint density at radius 1 is 1.35 bits per heavy atom. The molecule has 0 bridgehead atoms. The van der Waals surface area contributed by atoms with E-state index in [0.29, 0.717) is 0 Å². The molecule has 5 heteroatoms. The molecule has 17 heavy (non-hydrogen) atoms. The summed E-state index contributed by atoms with van der Waals surface area (Å²) < 4.78 is 43.8. The van der Waals surface area contributed by atoms with E-state index < -0.39 is 12.1 Å². The summed E-state index contributed by atoms with van der Waals surface area (Å²) in [6.45, 7) is 1.74. The molecule has 0 spiro atoms. The Balaban J connectivity index is 3.21. The van der Waals surface area contributed by atoms with Crippen molar-refractivity contribution in [3.05, 3.63) is 29.3 Å². The van der Waals surface area contributed by atoms with E-state index in [1.807, 2.05) is 0 Å². The number of hydrogen-bond donors (Lipinski definition) is 1. The maximum Gasteiger partial charge on any atom is 0.395 e. The van der Waals surface area contributed by atoms with Crippen LogP contribution in [0.3, 0.4) is 0 Å². The molecule has 0 aliphatic carbocycles. The van der Waals surface area contributed by atoms with Gasteiger partial charge in [0.2, 0.25) is 0 Å². The molecule has 0 heterocycles. The highest BCUT2D eigenvalue weighted by Gasteiger charge is 2.41. The third-order valence-electron chi connectivity index (χ3n) is 2.61. The predicted octanol–water partition coefficient (Wildman–Crippen LogP) is 3.00. The molecule has 0 fully saturated rings. The van der Waals surface area contributed by atoms with Crippen molar-refractivity contribution in [1.82, 2.24) is 0 Å². The van der Waals surface area contributed by atoms with E-state index in [4.69, 9.17) is 10.5 Å². The summed E-state index contributed by atoms with van der Waals surface area (Å²) in [7, 11) is 1.37. The van der Waals surface area contributed by atoms with Crippen molar-refractivity contribution in [2.75, 3.05) is 13.7 Å². The van der Waals surface area contributed by atoms with Gasteiger partial charge in [-0.05, 0) is 26.0 Å². The quantitative estimate of drug-likeness (QED) is 0.887. The van der Waals surface area contributed by atoms with Gasteiger partial charge in [0.15, 0.2) is 0 Å². The van der Waals surface area contributed by atoms with Crippen molar-refractivity contribution in [2.24, 2.45) is 5.73 Å². The van der Waals surface area contributed by atoms with Gasteiger partial charge in [0.1, 0.15) is 5.75 Å². The van der Waals surface area contributed by atoms with E-state index in [1.54, 1.807) is 19.1 Å². The normalized spacial score (nSPS) is 13.5. The minimum atomic E-state index is -4.31. The average Bonchev–Trinajstić information content (AvgIpc) is 2.24. The number of benzene rings is 1. The minimum absolute atomic E-state index is 0.0126. The van der Waals surface area contributed by atoms with Gasteiger partial charge in [-0.1, -0.05) is 17.7 Å². The summed E-state index contributed by atoms with van der Waals surface area (Å²) in [6, 6.07) is 4.78. The Labute approximate surface area is 98.6 Å². The number of halogens is 3. The lowest BCUT2D eigenvalue weighted by Gasteiger charge is -2.22. The first-order valence-electron chi connectivity index (χ1n) is 5.31. The second-order valence-corrected chi connectivity index (χ2v) is 3.92. The summed E-state index contributed by atoms with van der Waals surface area (Å²) >= 11 is 0. The van der Waals surface area contributed by atoms with Crippen molar-refractivity contribution in [3.8, 4) is 5.75 Å². The molecule has 0 aliphatic rings. The lowest BCUT2D eigenvalue weighted by Crippen LogP contribution is -2.24. The van der Waals surface area contributed by atoms with E-state index in [-0.39, 0.29) is 24.3 Å². The molecular weight excluding hydrogens is 231 g/mol. The number of rotatable bonds is 4. The largest absolute Gasteiger partial charge is 0.496 e. The first kappa shape index (κ1) is 13.8. The fraction of sp³-hybridized carbons (Fsp3) is 0.500. The van der Waals surface area contributed by atoms with Crippen LogP contribution < -0.4 is 10.5 Å². The fourth-order valence-corrected chi connectivity index (χ4v) is 1.79. The van der Waals surface area contributed by atoms with E-state index in [0.717, 1.165) is 5.56 Å². The summed E-state index contributed by atoms with van der Waals surface area (Å²) in [5.41, 5.74) is 6.18. The Morgan fingerprint density at radius 3 is 2.47 bits per heavy atom. The number of ether oxygens (including phenoxy) is 1. The highest BCUT2D eigenvalue weighted by molar-refractivity contribution is 5.40. The molecule has 0 aliphatic heterocycles. The van der Waals surface area contributed by atoms with Crippen LogP contribution in [0.15, 0.2) is 18.2 Å². The van der Waals surface area contributed by atoms with Crippen LogP contribution in [0.25, 0.3) is 0 Å². The van der Waals surface area contributed by atoms with Gasteiger partial charge < -0.3 is 10.5 Å². The van der Waals surface area contributed by atoms with Crippen LogP contribution in [0.5, 0.6) is 5.75 Å².